The lowest BCUT2D eigenvalue weighted by Gasteiger charge is -2.57. The van der Waals surface area contributed by atoms with Gasteiger partial charge in [0.1, 0.15) is 0 Å². The van der Waals surface area contributed by atoms with E-state index in [1.807, 2.05) is 24.3 Å². The molecule has 1 fully saturated rings. The van der Waals surface area contributed by atoms with Gasteiger partial charge in [-0.25, -0.2) is 0 Å². The van der Waals surface area contributed by atoms with Gasteiger partial charge in [-0.1, -0.05) is 79.0 Å². The molecule has 0 aliphatic heterocycles. The second kappa shape index (κ2) is 7.28. The molecule has 0 aromatic heterocycles. The van der Waals surface area contributed by atoms with Gasteiger partial charge in [0.2, 0.25) is 0 Å². The van der Waals surface area contributed by atoms with Gasteiger partial charge in [0, 0.05) is 34.3 Å². The van der Waals surface area contributed by atoms with Gasteiger partial charge in [-0.15, -0.1) is 0 Å². The highest BCUT2D eigenvalue weighted by Gasteiger charge is 2.50. The van der Waals surface area contributed by atoms with Crippen LogP contribution in [0.25, 0.3) is 11.1 Å². The molecule has 27 heavy (non-hydrogen) atoms. The fourth-order valence-electron chi connectivity index (χ4n) is 4.89. The Bertz CT molecular complexity index is 884. The van der Waals surface area contributed by atoms with E-state index in [0.29, 0.717) is 5.41 Å². The Morgan fingerprint density at radius 3 is 2.41 bits per heavy atom. The largest absolute Gasteiger partial charge is 0.298 e. The molecule has 0 unspecified atom stereocenters. The maximum Gasteiger partial charge on any atom is 0.0488 e. The molecule has 3 heteroatoms. The highest BCUT2D eigenvalue weighted by molar-refractivity contribution is 6.36. The van der Waals surface area contributed by atoms with Crippen LogP contribution in [0.15, 0.2) is 54.1 Å². The number of halogens is 2. The van der Waals surface area contributed by atoms with E-state index in [1.54, 1.807) is 5.57 Å². The van der Waals surface area contributed by atoms with Crippen molar-refractivity contribution in [3.63, 3.8) is 0 Å². The van der Waals surface area contributed by atoms with Crippen LogP contribution in [0.2, 0.25) is 10.0 Å². The van der Waals surface area contributed by atoms with Crippen molar-refractivity contribution in [1.29, 1.82) is 0 Å². The molecular weight excluding hydrogens is 373 g/mol. The SMILES string of the molecule is CN(CC1=CC[C@H]2C[C@@H]1C2(C)C)Cc1ccc(-c2ccccc2Cl)c(Cl)c1. The molecule has 2 bridgehead atoms. The van der Waals surface area contributed by atoms with E-state index in [0.717, 1.165) is 46.1 Å². The number of likely N-dealkylation sites (N-methyl/N-ethyl adjacent to an activating group) is 1. The number of allylic oxidation sites excluding steroid dienone is 1. The zero-order chi connectivity index (χ0) is 19.2. The standard InChI is InChI=1S/C24H27Cl2N/c1-24(2)18-10-9-17(21(24)13-18)15-27(3)14-16-8-11-20(23(26)12-16)19-6-4-5-7-22(19)25/h4-9,11-12,18,21H,10,13-15H2,1-3H3/t18-,21-/m0/s1. The fourth-order valence-corrected chi connectivity index (χ4v) is 5.43. The Balaban J connectivity index is 1.45. The number of benzene rings is 2. The van der Waals surface area contributed by atoms with Gasteiger partial charge in [-0.3, -0.25) is 4.90 Å². The number of hydrogen-bond donors (Lipinski definition) is 0. The van der Waals surface area contributed by atoms with Crippen molar-refractivity contribution in [3.8, 4) is 11.1 Å². The zero-order valence-corrected chi connectivity index (χ0v) is 17.8. The molecule has 3 aliphatic rings. The summed E-state index contributed by atoms with van der Waals surface area (Å²) in [5.41, 5.74) is 5.33. The lowest BCUT2D eigenvalue weighted by Crippen LogP contribution is -2.49. The summed E-state index contributed by atoms with van der Waals surface area (Å²) in [5.74, 6) is 1.66. The first-order valence-electron chi connectivity index (χ1n) is 9.77. The van der Waals surface area contributed by atoms with Crippen LogP contribution < -0.4 is 0 Å². The quantitative estimate of drug-likeness (QED) is 0.485. The molecule has 0 saturated heterocycles. The summed E-state index contributed by atoms with van der Waals surface area (Å²) in [7, 11) is 2.20. The average molecular weight is 400 g/mol. The van der Waals surface area contributed by atoms with Crippen molar-refractivity contribution >= 4 is 23.2 Å². The Kier molecular flexibility index (Phi) is 5.14. The molecule has 1 nitrogen and oxygen atoms in total. The van der Waals surface area contributed by atoms with E-state index in [2.05, 4.69) is 50.1 Å². The average Bonchev–Trinajstić information content (AvgIpc) is 2.62. The van der Waals surface area contributed by atoms with Crippen LogP contribution in [-0.2, 0) is 6.54 Å². The molecule has 3 aliphatic carbocycles. The molecule has 0 spiro atoms. The summed E-state index contributed by atoms with van der Waals surface area (Å²) in [6.07, 6.45) is 5.13. The third kappa shape index (κ3) is 3.58. The van der Waals surface area contributed by atoms with Crippen LogP contribution in [0.1, 0.15) is 32.3 Å². The first kappa shape index (κ1) is 19.1. The maximum absolute atomic E-state index is 6.59. The lowest BCUT2D eigenvalue weighted by molar-refractivity contribution is -0.0101. The molecule has 0 amide bonds. The molecule has 5 rings (SSSR count). The summed E-state index contributed by atoms with van der Waals surface area (Å²) >= 11 is 12.9. The maximum atomic E-state index is 6.59. The van der Waals surface area contributed by atoms with Gasteiger partial charge >= 0.3 is 0 Å². The number of nitrogens with zero attached hydrogens (tertiary/aromatic N) is 1. The van der Waals surface area contributed by atoms with Crippen molar-refractivity contribution < 1.29 is 0 Å². The molecule has 0 radical (unpaired) electrons. The Morgan fingerprint density at radius 2 is 1.74 bits per heavy atom. The molecule has 2 atom stereocenters. The minimum Gasteiger partial charge on any atom is -0.298 e. The predicted octanol–water partition coefficient (Wildman–Crippen LogP) is 7.08. The minimum atomic E-state index is 0.491. The predicted molar refractivity (Wildman–Crippen MR) is 116 cm³/mol. The third-order valence-corrected chi connectivity index (χ3v) is 7.33. The third-order valence-electron chi connectivity index (χ3n) is 6.69. The lowest BCUT2D eigenvalue weighted by atomic mass is 9.49. The monoisotopic (exact) mass is 399 g/mol. The van der Waals surface area contributed by atoms with Crippen molar-refractivity contribution in [2.45, 2.75) is 33.2 Å². The van der Waals surface area contributed by atoms with E-state index in [4.69, 9.17) is 23.2 Å². The molecule has 142 valence electrons. The van der Waals surface area contributed by atoms with Crippen molar-refractivity contribution in [2.24, 2.45) is 17.3 Å². The van der Waals surface area contributed by atoms with Gasteiger partial charge in [0.05, 0.1) is 0 Å². The van der Waals surface area contributed by atoms with Gasteiger partial charge in [-0.05, 0) is 54.8 Å². The highest BCUT2D eigenvalue weighted by Crippen LogP contribution is 2.59. The van der Waals surface area contributed by atoms with Crippen LogP contribution >= 0.6 is 23.2 Å². The summed E-state index contributed by atoms with van der Waals surface area (Å²) in [6.45, 7) is 6.82. The van der Waals surface area contributed by atoms with Gasteiger partial charge in [0.25, 0.3) is 0 Å². The van der Waals surface area contributed by atoms with E-state index in [9.17, 15) is 0 Å². The molecule has 2 aromatic rings. The first-order valence-corrected chi connectivity index (χ1v) is 10.5. The normalized spacial score (nSPS) is 23.1. The van der Waals surface area contributed by atoms with Gasteiger partial charge < -0.3 is 0 Å². The molecule has 2 aromatic carbocycles. The zero-order valence-electron chi connectivity index (χ0n) is 16.3. The van der Waals surface area contributed by atoms with Gasteiger partial charge in [-0.2, -0.15) is 0 Å². The van der Waals surface area contributed by atoms with E-state index in [1.165, 1.54) is 18.4 Å². The van der Waals surface area contributed by atoms with Crippen molar-refractivity contribution in [3.05, 3.63) is 69.7 Å². The number of rotatable bonds is 5. The Morgan fingerprint density at radius 1 is 1.00 bits per heavy atom. The molecule has 0 N–H and O–H groups in total. The summed E-state index contributed by atoms with van der Waals surface area (Å²) < 4.78 is 0. The summed E-state index contributed by atoms with van der Waals surface area (Å²) in [6, 6.07) is 14.2. The molecular formula is C24H27Cl2N. The number of hydrogen-bond acceptors (Lipinski definition) is 1. The summed E-state index contributed by atoms with van der Waals surface area (Å²) in [5, 5.41) is 1.49. The second-order valence-electron chi connectivity index (χ2n) is 8.79. The van der Waals surface area contributed by atoms with E-state index < -0.39 is 0 Å². The van der Waals surface area contributed by atoms with Gasteiger partial charge in [0.15, 0.2) is 0 Å². The fraction of sp³-hybridized carbons (Fsp3) is 0.417. The molecule has 1 saturated carbocycles. The smallest absolute Gasteiger partial charge is 0.0488 e. The minimum absolute atomic E-state index is 0.491. The van der Waals surface area contributed by atoms with E-state index in [-0.39, 0.29) is 0 Å². The Labute approximate surface area is 173 Å². The van der Waals surface area contributed by atoms with Crippen molar-refractivity contribution in [1.82, 2.24) is 4.90 Å². The number of fused-ring (bicyclic) bond motifs is 1. The van der Waals surface area contributed by atoms with E-state index >= 15 is 0 Å². The highest BCUT2D eigenvalue weighted by atomic mass is 35.5. The van der Waals surface area contributed by atoms with Crippen molar-refractivity contribution in [2.75, 3.05) is 13.6 Å². The van der Waals surface area contributed by atoms with Crippen LogP contribution in [0.4, 0.5) is 0 Å². The Hall–Kier alpha value is -1.28. The second-order valence-corrected chi connectivity index (χ2v) is 9.60. The van der Waals surface area contributed by atoms with Crippen LogP contribution in [0.3, 0.4) is 0 Å². The topological polar surface area (TPSA) is 3.24 Å². The van der Waals surface area contributed by atoms with Crippen LogP contribution in [0, 0.1) is 17.3 Å². The summed E-state index contributed by atoms with van der Waals surface area (Å²) in [4.78, 5) is 2.40. The molecule has 0 heterocycles. The van der Waals surface area contributed by atoms with Crippen LogP contribution in [0.5, 0.6) is 0 Å². The first-order chi connectivity index (χ1) is 12.9. The van der Waals surface area contributed by atoms with Crippen LogP contribution in [-0.4, -0.2) is 18.5 Å².